The van der Waals surface area contributed by atoms with E-state index in [9.17, 15) is 14.4 Å². The van der Waals surface area contributed by atoms with Gasteiger partial charge in [-0.05, 0) is 95.5 Å². The van der Waals surface area contributed by atoms with Crippen LogP contribution >= 0.6 is 0 Å². The van der Waals surface area contributed by atoms with Crippen molar-refractivity contribution in [3.05, 3.63) is 65.9 Å². The van der Waals surface area contributed by atoms with Crippen molar-refractivity contribution in [3.63, 3.8) is 0 Å². The van der Waals surface area contributed by atoms with Crippen LogP contribution in [0.5, 0.6) is 0 Å². The Morgan fingerprint density at radius 3 is 2.63 bits per heavy atom. The summed E-state index contributed by atoms with van der Waals surface area (Å²) in [6.45, 7) is 8.84. The van der Waals surface area contributed by atoms with Gasteiger partial charge in [0.15, 0.2) is 0 Å². The van der Waals surface area contributed by atoms with Crippen molar-refractivity contribution in [2.75, 3.05) is 50.1 Å². The molecular formula is C36H47N5O5. The summed E-state index contributed by atoms with van der Waals surface area (Å²) in [6.07, 6.45) is 4.87. The van der Waals surface area contributed by atoms with E-state index in [4.69, 9.17) is 14.5 Å². The number of hydrogen-bond donors (Lipinski definition) is 2. The lowest BCUT2D eigenvalue weighted by Gasteiger charge is -2.32. The number of ether oxygens (including phenoxy) is 2. The van der Waals surface area contributed by atoms with Gasteiger partial charge in [-0.3, -0.25) is 9.69 Å². The number of amides is 2. The molecule has 1 fully saturated rings. The summed E-state index contributed by atoms with van der Waals surface area (Å²) in [6, 6.07) is 17.3. The molecule has 46 heavy (non-hydrogen) atoms. The van der Waals surface area contributed by atoms with Gasteiger partial charge in [-0.15, -0.1) is 0 Å². The lowest BCUT2D eigenvalue weighted by Crippen LogP contribution is -2.47. The molecule has 1 saturated heterocycles. The van der Waals surface area contributed by atoms with Gasteiger partial charge in [0, 0.05) is 36.4 Å². The number of carbonyl (C=O) groups excluding carboxylic acids is 3. The minimum atomic E-state index is -0.713. The molecule has 2 aliphatic rings. The topological polar surface area (TPSA) is 113 Å². The molecule has 2 N–H and O–H groups in total. The standard InChI is InChI=1S/C36H47N5O5/c1-36(2,3)46-35(44)41-22-9-13-26-18-19-28(38-32(26)41)15-10-21-40-20-8-14-27(24-40)33(42)37-23-31(34(43)45-4)39-30-17-7-12-25-11-5-6-16-29(25)30/h5-7,11-12,16-19,27,31,39H,8-10,13-15,20-24H2,1-4H3,(H,37,42)/t27-,31+/m1/s1. The number of esters is 1. The van der Waals surface area contributed by atoms with Crippen LogP contribution < -0.4 is 15.5 Å². The number of aromatic nitrogens is 1. The first-order valence-corrected chi connectivity index (χ1v) is 16.4. The first-order valence-electron chi connectivity index (χ1n) is 16.4. The maximum absolute atomic E-state index is 13.3. The number of pyridine rings is 1. The Balaban J connectivity index is 1.12. The predicted molar refractivity (Wildman–Crippen MR) is 180 cm³/mol. The number of fused-ring (bicyclic) bond motifs is 2. The van der Waals surface area contributed by atoms with Crippen LogP contribution in [0.3, 0.4) is 0 Å². The van der Waals surface area contributed by atoms with Crippen LogP contribution in [0.15, 0.2) is 54.6 Å². The predicted octanol–water partition coefficient (Wildman–Crippen LogP) is 5.34. The van der Waals surface area contributed by atoms with Crippen molar-refractivity contribution in [1.82, 2.24) is 15.2 Å². The highest BCUT2D eigenvalue weighted by Crippen LogP contribution is 2.28. The SMILES string of the molecule is COC(=O)[C@H](CNC(=O)[C@@H]1CCCN(CCCc2ccc3c(n2)N(C(=O)OC(C)(C)C)CCC3)C1)Nc1cccc2ccccc12. The fourth-order valence-electron chi connectivity index (χ4n) is 6.29. The Kier molecular flexibility index (Phi) is 10.8. The molecule has 5 rings (SSSR count). The van der Waals surface area contributed by atoms with E-state index >= 15 is 0 Å². The Labute approximate surface area is 271 Å². The fraction of sp³-hybridized carbons (Fsp3) is 0.500. The van der Waals surface area contributed by atoms with Gasteiger partial charge in [0.25, 0.3) is 0 Å². The van der Waals surface area contributed by atoms with E-state index in [-0.39, 0.29) is 24.5 Å². The smallest absolute Gasteiger partial charge is 0.416 e. The zero-order chi connectivity index (χ0) is 32.7. The van der Waals surface area contributed by atoms with Crippen LogP contribution in [0.25, 0.3) is 10.8 Å². The molecule has 0 unspecified atom stereocenters. The van der Waals surface area contributed by atoms with Crippen LogP contribution in [0.1, 0.15) is 57.7 Å². The summed E-state index contributed by atoms with van der Waals surface area (Å²) < 4.78 is 10.7. The molecule has 2 amide bonds. The first-order chi connectivity index (χ1) is 22.1. The summed E-state index contributed by atoms with van der Waals surface area (Å²) in [5, 5.41) is 8.36. The van der Waals surface area contributed by atoms with E-state index in [1.54, 1.807) is 4.90 Å². The van der Waals surface area contributed by atoms with Gasteiger partial charge in [-0.25, -0.2) is 14.6 Å². The molecule has 10 nitrogen and oxygen atoms in total. The highest BCUT2D eigenvalue weighted by atomic mass is 16.6. The van der Waals surface area contributed by atoms with E-state index in [0.717, 1.165) is 79.3 Å². The third kappa shape index (κ3) is 8.54. The quantitative estimate of drug-likeness (QED) is 0.289. The molecule has 3 heterocycles. The first kappa shape index (κ1) is 33.2. The van der Waals surface area contributed by atoms with E-state index in [2.05, 4.69) is 27.7 Å². The molecular weight excluding hydrogens is 582 g/mol. The summed E-state index contributed by atoms with van der Waals surface area (Å²) in [7, 11) is 1.36. The Hall–Kier alpha value is -4.18. The average Bonchev–Trinajstić information content (AvgIpc) is 3.05. The van der Waals surface area contributed by atoms with Gasteiger partial charge < -0.3 is 25.0 Å². The van der Waals surface area contributed by atoms with Crippen LogP contribution in [0, 0.1) is 5.92 Å². The van der Waals surface area contributed by atoms with Crippen LogP contribution in [-0.4, -0.2) is 79.3 Å². The van der Waals surface area contributed by atoms with Gasteiger partial charge >= 0.3 is 12.1 Å². The molecule has 0 saturated carbocycles. The summed E-state index contributed by atoms with van der Waals surface area (Å²) in [5.41, 5.74) is 2.28. The molecule has 0 radical (unpaired) electrons. The van der Waals surface area contributed by atoms with Crippen molar-refractivity contribution >= 4 is 40.2 Å². The number of carbonyl (C=O) groups is 3. The third-order valence-corrected chi connectivity index (χ3v) is 8.58. The number of anilines is 2. The monoisotopic (exact) mass is 629 g/mol. The van der Waals surface area contributed by atoms with Crippen molar-refractivity contribution in [3.8, 4) is 0 Å². The number of piperidine rings is 1. The molecule has 2 atom stereocenters. The second-order valence-electron chi connectivity index (χ2n) is 13.3. The zero-order valence-corrected chi connectivity index (χ0v) is 27.5. The minimum absolute atomic E-state index is 0.0445. The number of rotatable bonds is 10. The Bertz CT molecular complexity index is 1530. The van der Waals surface area contributed by atoms with Crippen LogP contribution in [-0.2, 0) is 31.9 Å². The molecule has 3 aromatic rings. The van der Waals surface area contributed by atoms with Crippen molar-refractivity contribution in [2.45, 2.75) is 70.9 Å². The molecule has 0 bridgehead atoms. The van der Waals surface area contributed by atoms with Crippen molar-refractivity contribution < 1.29 is 23.9 Å². The molecule has 2 aliphatic heterocycles. The second kappa shape index (κ2) is 14.9. The highest BCUT2D eigenvalue weighted by molar-refractivity contribution is 5.95. The zero-order valence-electron chi connectivity index (χ0n) is 27.5. The Morgan fingerprint density at radius 1 is 1.02 bits per heavy atom. The molecule has 0 spiro atoms. The van der Waals surface area contributed by atoms with Gasteiger partial charge in [-0.1, -0.05) is 42.5 Å². The van der Waals surface area contributed by atoms with E-state index in [0.29, 0.717) is 18.9 Å². The number of methoxy groups -OCH3 is 1. The van der Waals surface area contributed by atoms with Crippen molar-refractivity contribution in [2.24, 2.45) is 5.92 Å². The number of nitrogens with one attached hydrogen (secondary N) is 2. The van der Waals surface area contributed by atoms with Crippen LogP contribution in [0.4, 0.5) is 16.3 Å². The average molecular weight is 630 g/mol. The van der Waals surface area contributed by atoms with E-state index in [1.807, 2.05) is 63.2 Å². The summed E-state index contributed by atoms with van der Waals surface area (Å²) in [5.74, 6) is 0.0992. The van der Waals surface area contributed by atoms with E-state index < -0.39 is 17.6 Å². The second-order valence-corrected chi connectivity index (χ2v) is 13.3. The lowest BCUT2D eigenvalue weighted by atomic mass is 9.96. The van der Waals surface area contributed by atoms with Gasteiger partial charge in [0.1, 0.15) is 17.5 Å². The highest BCUT2D eigenvalue weighted by Gasteiger charge is 2.30. The number of benzene rings is 2. The van der Waals surface area contributed by atoms with E-state index in [1.165, 1.54) is 7.11 Å². The molecule has 1 aromatic heterocycles. The lowest BCUT2D eigenvalue weighted by molar-refractivity contribution is -0.141. The van der Waals surface area contributed by atoms with Gasteiger partial charge in [0.2, 0.25) is 5.91 Å². The number of aryl methyl sites for hydroxylation is 2. The van der Waals surface area contributed by atoms with Gasteiger partial charge in [0.05, 0.1) is 13.0 Å². The number of likely N-dealkylation sites (tertiary alicyclic amines) is 1. The Morgan fingerprint density at radius 2 is 1.83 bits per heavy atom. The summed E-state index contributed by atoms with van der Waals surface area (Å²) in [4.78, 5) is 47.6. The fourth-order valence-corrected chi connectivity index (χ4v) is 6.29. The van der Waals surface area contributed by atoms with Crippen molar-refractivity contribution in [1.29, 1.82) is 0 Å². The largest absolute Gasteiger partial charge is 0.467 e. The molecule has 246 valence electrons. The molecule has 2 aromatic carbocycles. The molecule has 10 heteroatoms. The van der Waals surface area contributed by atoms with Crippen LogP contribution in [0.2, 0.25) is 0 Å². The van der Waals surface area contributed by atoms with Gasteiger partial charge in [-0.2, -0.15) is 0 Å². The normalized spacial score (nSPS) is 17.6. The number of hydrogen-bond acceptors (Lipinski definition) is 8. The maximum Gasteiger partial charge on any atom is 0.416 e. The molecule has 0 aliphatic carbocycles. The third-order valence-electron chi connectivity index (χ3n) is 8.58. The maximum atomic E-state index is 13.3. The summed E-state index contributed by atoms with van der Waals surface area (Å²) >= 11 is 0. The minimum Gasteiger partial charge on any atom is -0.467 e. The number of nitrogens with zero attached hydrogens (tertiary/aromatic N) is 3.